The van der Waals surface area contributed by atoms with Crippen molar-refractivity contribution in [3.05, 3.63) is 53.6 Å². The zero-order chi connectivity index (χ0) is 20.3. The molecule has 0 radical (unpaired) electrons. The Bertz CT molecular complexity index is 831. The van der Waals surface area contributed by atoms with Gasteiger partial charge in [0, 0.05) is 38.8 Å². The number of carbonyl (C=O) groups is 2. The molecular weight excluding hydrogens is 359 g/mol. The molecule has 0 saturated carbocycles. The molecule has 28 heavy (non-hydrogen) atoms. The van der Waals surface area contributed by atoms with Gasteiger partial charge in [0.1, 0.15) is 11.5 Å². The van der Waals surface area contributed by atoms with E-state index >= 15 is 0 Å². The van der Waals surface area contributed by atoms with Crippen LogP contribution in [-0.4, -0.2) is 50.5 Å². The Morgan fingerprint density at radius 1 is 1.25 bits per heavy atom. The van der Waals surface area contributed by atoms with Gasteiger partial charge in [0.05, 0.1) is 6.04 Å². The van der Waals surface area contributed by atoms with E-state index in [1.54, 1.807) is 34.0 Å². The van der Waals surface area contributed by atoms with Crippen molar-refractivity contribution < 1.29 is 14.0 Å². The van der Waals surface area contributed by atoms with Gasteiger partial charge in [-0.3, -0.25) is 14.3 Å². The second-order valence-corrected chi connectivity index (χ2v) is 7.49. The second kappa shape index (κ2) is 8.54. The molecule has 150 valence electrons. The lowest BCUT2D eigenvalue weighted by Crippen LogP contribution is -2.47. The molecule has 6 nitrogen and oxygen atoms in total. The Balaban J connectivity index is 1.83. The first-order valence-electron chi connectivity index (χ1n) is 9.75. The fraction of sp³-hybridized carbons (Fsp3) is 0.476. The van der Waals surface area contributed by atoms with E-state index < -0.39 is 0 Å². The minimum Gasteiger partial charge on any atom is -0.335 e. The molecule has 2 amide bonds. The Morgan fingerprint density at radius 3 is 2.61 bits per heavy atom. The number of benzene rings is 1. The third-order valence-electron chi connectivity index (χ3n) is 5.28. The van der Waals surface area contributed by atoms with Crippen molar-refractivity contribution in [2.75, 3.05) is 13.1 Å². The standard InChI is InChI=1S/C21H27FN4O2/c1-4-26-18(9-11-23-26)21(28)24-12-10-20(27)25(19(14-24)15(2)3)13-16-5-7-17(22)8-6-16/h5-9,11,15,19H,4,10,12-14H2,1-3H3. The molecule has 1 saturated heterocycles. The fourth-order valence-electron chi connectivity index (χ4n) is 3.65. The maximum absolute atomic E-state index is 13.2. The zero-order valence-corrected chi connectivity index (χ0v) is 16.6. The lowest BCUT2D eigenvalue weighted by molar-refractivity contribution is -0.134. The minimum atomic E-state index is -0.296. The van der Waals surface area contributed by atoms with Crippen molar-refractivity contribution in [2.24, 2.45) is 5.92 Å². The minimum absolute atomic E-state index is 0.0160. The molecular formula is C21H27FN4O2. The van der Waals surface area contributed by atoms with E-state index in [1.165, 1.54) is 12.1 Å². The molecule has 1 fully saturated rings. The predicted octanol–water partition coefficient (Wildman–Crippen LogP) is 2.94. The highest BCUT2D eigenvalue weighted by Gasteiger charge is 2.34. The number of aromatic nitrogens is 2. The topological polar surface area (TPSA) is 58.4 Å². The molecule has 0 N–H and O–H groups in total. The van der Waals surface area contributed by atoms with Crippen LogP contribution in [0.1, 0.15) is 43.2 Å². The molecule has 2 aromatic rings. The lowest BCUT2D eigenvalue weighted by Gasteiger charge is -2.34. The number of amides is 2. The normalized spacial score (nSPS) is 17.9. The van der Waals surface area contributed by atoms with E-state index in [2.05, 4.69) is 18.9 Å². The third-order valence-corrected chi connectivity index (χ3v) is 5.28. The van der Waals surface area contributed by atoms with Crippen LogP contribution >= 0.6 is 0 Å². The molecule has 0 spiro atoms. The highest BCUT2D eigenvalue weighted by atomic mass is 19.1. The molecule has 1 aromatic carbocycles. The fourth-order valence-corrected chi connectivity index (χ4v) is 3.65. The molecule has 0 aliphatic carbocycles. The van der Waals surface area contributed by atoms with Crippen molar-refractivity contribution in [3.63, 3.8) is 0 Å². The van der Waals surface area contributed by atoms with E-state index in [0.29, 0.717) is 31.9 Å². The highest BCUT2D eigenvalue weighted by Crippen LogP contribution is 2.22. The third kappa shape index (κ3) is 4.24. The van der Waals surface area contributed by atoms with Gasteiger partial charge in [-0.2, -0.15) is 5.10 Å². The monoisotopic (exact) mass is 386 g/mol. The number of rotatable bonds is 5. The van der Waals surface area contributed by atoms with Gasteiger partial charge in [-0.1, -0.05) is 26.0 Å². The molecule has 1 unspecified atom stereocenters. The number of hydrogen-bond donors (Lipinski definition) is 0. The Kier molecular flexibility index (Phi) is 6.11. The van der Waals surface area contributed by atoms with E-state index in [-0.39, 0.29) is 36.0 Å². The maximum atomic E-state index is 13.2. The Hall–Kier alpha value is -2.70. The lowest BCUT2D eigenvalue weighted by atomic mass is 10.0. The quantitative estimate of drug-likeness (QED) is 0.794. The summed E-state index contributed by atoms with van der Waals surface area (Å²) in [4.78, 5) is 29.5. The van der Waals surface area contributed by atoms with E-state index in [1.807, 2.05) is 11.8 Å². The van der Waals surface area contributed by atoms with Gasteiger partial charge in [-0.15, -0.1) is 0 Å². The Morgan fingerprint density at radius 2 is 1.96 bits per heavy atom. The van der Waals surface area contributed by atoms with Crippen LogP contribution in [-0.2, 0) is 17.9 Å². The molecule has 2 heterocycles. The molecule has 7 heteroatoms. The number of hydrogen-bond acceptors (Lipinski definition) is 3. The summed E-state index contributed by atoms with van der Waals surface area (Å²) in [5, 5.41) is 4.18. The van der Waals surface area contributed by atoms with Gasteiger partial charge >= 0.3 is 0 Å². The van der Waals surface area contributed by atoms with Crippen molar-refractivity contribution in [3.8, 4) is 0 Å². The van der Waals surface area contributed by atoms with Crippen LogP contribution in [0.5, 0.6) is 0 Å². The number of carbonyl (C=O) groups excluding carboxylic acids is 2. The summed E-state index contributed by atoms with van der Waals surface area (Å²) >= 11 is 0. The zero-order valence-electron chi connectivity index (χ0n) is 16.6. The van der Waals surface area contributed by atoms with Crippen molar-refractivity contribution in [2.45, 2.75) is 46.3 Å². The van der Waals surface area contributed by atoms with Gasteiger partial charge in [-0.25, -0.2) is 4.39 Å². The SMILES string of the molecule is CCn1nccc1C(=O)N1CCC(=O)N(Cc2ccc(F)cc2)C(C(C)C)C1. The van der Waals surface area contributed by atoms with Crippen LogP contribution in [0.2, 0.25) is 0 Å². The van der Waals surface area contributed by atoms with Gasteiger partial charge in [-0.05, 0) is 36.6 Å². The van der Waals surface area contributed by atoms with Crippen molar-refractivity contribution in [1.82, 2.24) is 19.6 Å². The van der Waals surface area contributed by atoms with Gasteiger partial charge in [0.25, 0.3) is 5.91 Å². The van der Waals surface area contributed by atoms with Crippen LogP contribution in [0, 0.1) is 11.7 Å². The number of aryl methyl sites for hydroxylation is 1. The highest BCUT2D eigenvalue weighted by molar-refractivity contribution is 5.93. The first-order valence-corrected chi connectivity index (χ1v) is 9.75. The van der Waals surface area contributed by atoms with Gasteiger partial charge in [0.15, 0.2) is 0 Å². The molecule has 1 aromatic heterocycles. The predicted molar refractivity (Wildman–Crippen MR) is 104 cm³/mol. The van der Waals surface area contributed by atoms with Crippen LogP contribution in [0.3, 0.4) is 0 Å². The van der Waals surface area contributed by atoms with E-state index in [9.17, 15) is 14.0 Å². The number of halogens is 1. The maximum Gasteiger partial charge on any atom is 0.272 e. The van der Waals surface area contributed by atoms with E-state index in [0.717, 1.165) is 5.56 Å². The van der Waals surface area contributed by atoms with Crippen LogP contribution in [0.4, 0.5) is 4.39 Å². The smallest absolute Gasteiger partial charge is 0.272 e. The van der Waals surface area contributed by atoms with Crippen molar-refractivity contribution in [1.29, 1.82) is 0 Å². The second-order valence-electron chi connectivity index (χ2n) is 7.49. The molecule has 1 aliphatic rings. The average Bonchev–Trinajstić information content (AvgIpc) is 3.09. The summed E-state index contributed by atoms with van der Waals surface area (Å²) in [6.07, 6.45) is 1.90. The van der Waals surface area contributed by atoms with Gasteiger partial charge < -0.3 is 9.80 Å². The van der Waals surface area contributed by atoms with Crippen LogP contribution < -0.4 is 0 Å². The molecule has 3 rings (SSSR count). The summed E-state index contributed by atoms with van der Waals surface area (Å²) < 4.78 is 14.9. The molecule has 0 bridgehead atoms. The van der Waals surface area contributed by atoms with Gasteiger partial charge in [0.2, 0.25) is 5.91 Å². The Labute approximate surface area is 164 Å². The summed E-state index contributed by atoms with van der Waals surface area (Å²) in [5.74, 6) is -0.201. The summed E-state index contributed by atoms with van der Waals surface area (Å²) in [6.45, 7) is 7.94. The van der Waals surface area contributed by atoms with Crippen molar-refractivity contribution >= 4 is 11.8 Å². The number of nitrogens with zero attached hydrogens (tertiary/aromatic N) is 4. The summed E-state index contributed by atoms with van der Waals surface area (Å²) in [5.41, 5.74) is 1.42. The summed E-state index contributed by atoms with van der Waals surface area (Å²) in [6, 6.07) is 7.83. The van der Waals surface area contributed by atoms with Crippen LogP contribution in [0.15, 0.2) is 36.5 Å². The molecule has 1 atom stereocenters. The van der Waals surface area contributed by atoms with Crippen LogP contribution in [0.25, 0.3) is 0 Å². The first-order chi connectivity index (χ1) is 13.4. The average molecular weight is 386 g/mol. The first kappa shape index (κ1) is 20.0. The molecule has 1 aliphatic heterocycles. The largest absolute Gasteiger partial charge is 0.335 e. The van der Waals surface area contributed by atoms with E-state index in [4.69, 9.17) is 0 Å². The summed E-state index contributed by atoms with van der Waals surface area (Å²) in [7, 11) is 0.